The number of aromatic hydroxyl groups is 1. The molecule has 3 aromatic rings. The van der Waals surface area contributed by atoms with Crippen LogP contribution in [0.4, 0.5) is 5.69 Å². The van der Waals surface area contributed by atoms with Crippen LogP contribution in [-0.4, -0.2) is 18.0 Å². The van der Waals surface area contributed by atoms with Crippen molar-refractivity contribution in [1.82, 2.24) is 0 Å². The normalized spacial score (nSPS) is 16.4. The highest BCUT2D eigenvalue weighted by molar-refractivity contribution is 9.10. The number of hydrogen-bond acceptors (Lipinski definition) is 4. The van der Waals surface area contributed by atoms with Gasteiger partial charge in [0.25, 0.3) is 0 Å². The van der Waals surface area contributed by atoms with E-state index in [1.165, 1.54) is 7.11 Å². The summed E-state index contributed by atoms with van der Waals surface area (Å²) in [6.45, 7) is 0. The number of rotatable bonds is 2. The maximum atomic E-state index is 12.9. The first kappa shape index (κ1) is 16.0. The highest BCUT2D eigenvalue weighted by Gasteiger charge is 2.28. The molecule has 25 heavy (non-hydrogen) atoms. The lowest BCUT2D eigenvalue weighted by Gasteiger charge is -2.28. The molecule has 0 amide bonds. The van der Waals surface area contributed by atoms with Crippen molar-refractivity contribution in [3.8, 4) is 11.5 Å². The van der Waals surface area contributed by atoms with Crippen molar-refractivity contribution in [2.75, 3.05) is 12.4 Å². The van der Waals surface area contributed by atoms with Gasteiger partial charge in [0, 0.05) is 17.7 Å². The van der Waals surface area contributed by atoms with Crippen LogP contribution >= 0.6 is 15.9 Å². The molecule has 2 N–H and O–H groups in total. The molecule has 5 heteroatoms. The molecule has 0 fully saturated rings. The quantitative estimate of drug-likeness (QED) is 0.634. The third-order valence-corrected chi connectivity index (χ3v) is 5.20. The molecule has 4 rings (SSSR count). The van der Waals surface area contributed by atoms with Gasteiger partial charge in [-0.3, -0.25) is 4.79 Å². The number of ketones is 1. The zero-order chi connectivity index (χ0) is 17.6. The van der Waals surface area contributed by atoms with E-state index in [9.17, 15) is 9.90 Å². The number of nitrogens with one attached hydrogen (secondary N) is 1. The van der Waals surface area contributed by atoms with E-state index in [2.05, 4.69) is 21.2 Å². The lowest BCUT2D eigenvalue weighted by Crippen LogP contribution is -2.23. The Morgan fingerprint density at radius 1 is 1.20 bits per heavy atom. The number of Topliss-reactive ketones (excluding diaryl/α,β-unsaturated/α-hetero) is 1. The first-order valence-corrected chi connectivity index (χ1v) is 8.75. The molecular formula is C20H16BrNO3. The molecule has 0 aromatic heterocycles. The number of phenolic OH excluding ortho intramolecular Hbond substituents is 1. The number of anilines is 1. The van der Waals surface area contributed by atoms with E-state index in [0.717, 1.165) is 27.6 Å². The first-order chi connectivity index (χ1) is 12.1. The molecule has 0 saturated heterocycles. The minimum Gasteiger partial charge on any atom is -0.503 e. The van der Waals surface area contributed by atoms with Crippen molar-refractivity contribution >= 4 is 38.2 Å². The molecule has 4 nitrogen and oxygen atoms in total. The Hall–Kier alpha value is -2.53. The maximum absolute atomic E-state index is 12.9. The van der Waals surface area contributed by atoms with Gasteiger partial charge in [0.2, 0.25) is 0 Å². The smallest absolute Gasteiger partial charge is 0.172 e. The predicted molar refractivity (Wildman–Crippen MR) is 102 cm³/mol. The summed E-state index contributed by atoms with van der Waals surface area (Å²) in [4.78, 5) is 12.9. The summed E-state index contributed by atoms with van der Waals surface area (Å²) < 4.78 is 5.76. The highest BCUT2D eigenvalue weighted by Crippen LogP contribution is 2.41. The second-order valence-electron chi connectivity index (χ2n) is 6.09. The largest absolute Gasteiger partial charge is 0.503 e. The fraction of sp³-hybridized carbons (Fsp3) is 0.150. The van der Waals surface area contributed by atoms with Crippen LogP contribution in [0.2, 0.25) is 0 Å². The van der Waals surface area contributed by atoms with Crippen molar-refractivity contribution in [2.45, 2.75) is 12.5 Å². The topological polar surface area (TPSA) is 58.6 Å². The summed E-state index contributed by atoms with van der Waals surface area (Å²) in [6, 6.07) is 15.3. The van der Waals surface area contributed by atoms with Crippen molar-refractivity contribution in [2.24, 2.45) is 0 Å². The standard InChI is InChI=1S/C20H16BrNO3/c1-25-18-9-12(8-14(21)20(18)24)16-10-17(23)19-13-5-3-2-4-11(13)6-7-15(19)22-16/h2-9,16,22,24H,10H2,1H3/t16-/m1/s1. The first-order valence-electron chi connectivity index (χ1n) is 7.96. The number of phenols is 1. The molecule has 1 atom stereocenters. The number of halogens is 1. The van der Waals surface area contributed by atoms with E-state index in [-0.39, 0.29) is 17.6 Å². The molecule has 0 unspecified atom stereocenters. The Morgan fingerprint density at radius 3 is 2.80 bits per heavy atom. The van der Waals surface area contributed by atoms with Crippen molar-refractivity contribution in [3.05, 3.63) is 64.1 Å². The molecule has 3 aromatic carbocycles. The van der Waals surface area contributed by atoms with Crippen LogP contribution in [0, 0.1) is 0 Å². The van der Waals surface area contributed by atoms with Crippen LogP contribution in [0.3, 0.4) is 0 Å². The summed E-state index contributed by atoms with van der Waals surface area (Å²) in [5, 5.41) is 15.5. The fourth-order valence-electron chi connectivity index (χ4n) is 3.37. The van der Waals surface area contributed by atoms with Crippen LogP contribution in [0.15, 0.2) is 53.0 Å². The van der Waals surface area contributed by atoms with E-state index >= 15 is 0 Å². The lowest BCUT2D eigenvalue weighted by atomic mass is 9.89. The number of carbonyl (C=O) groups is 1. The average Bonchev–Trinajstić information content (AvgIpc) is 2.63. The van der Waals surface area contributed by atoms with Gasteiger partial charge in [-0.05, 0) is 50.5 Å². The Kier molecular flexibility index (Phi) is 3.88. The van der Waals surface area contributed by atoms with E-state index in [1.54, 1.807) is 6.07 Å². The van der Waals surface area contributed by atoms with Gasteiger partial charge >= 0.3 is 0 Å². The summed E-state index contributed by atoms with van der Waals surface area (Å²) in [7, 11) is 1.51. The van der Waals surface area contributed by atoms with Gasteiger partial charge in [0.05, 0.1) is 17.6 Å². The zero-order valence-electron chi connectivity index (χ0n) is 13.5. The Labute approximate surface area is 153 Å². The van der Waals surface area contributed by atoms with Crippen LogP contribution in [0.25, 0.3) is 10.8 Å². The fourth-order valence-corrected chi connectivity index (χ4v) is 3.83. The maximum Gasteiger partial charge on any atom is 0.172 e. The third-order valence-electron chi connectivity index (χ3n) is 4.60. The number of ether oxygens (including phenoxy) is 1. The monoisotopic (exact) mass is 397 g/mol. The van der Waals surface area contributed by atoms with Gasteiger partial charge in [-0.25, -0.2) is 0 Å². The third kappa shape index (κ3) is 2.65. The molecule has 1 aliphatic rings. The average molecular weight is 398 g/mol. The Bertz CT molecular complexity index is 1000. The van der Waals surface area contributed by atoms with Gasteiger partial charge in [-0.15, -0.1) is 0 Å². The van der Waals surface area contributed by atoms with Crippen molar-refractivity contribution in [3.63, 3.8) is 0 Å². The van der Waals surface area contributed by atoms with E-state index < -0.39 is 0 Å². The van der Waals surface area contributed by atoms with E-state index in [0.29, 0.717) is 16.6 Å². The minimum atomic E-state index is -0.174. The van der Waals surface area contributed by atoms with Crippen LogP contribution in [-0.2, 0) is 0 Å². The summed E-state index contributed by atoms with van der Waals surface area (Å²) in [6.07, 6.45) is 0.349. The summed E-state index contributed by atoms with van der Waals surface area (Å²) in [5.41, 5.74) is 2.47. The molecule has 1 heterocycles. The Morgan fingerprint density at radius 2 is 2.00 bits per heavy atom. The second-order valence-corrected chi connectivity index (χ2v) is 6.94. The van der Waals surface area contributed by atoms with Crippen LogP contribution in [0.5, 0.6) is 11.5 Å². The van der Waals surface area contributed by atoms with Crippen LogP contribution in [0.1, 0.15) is 28.4 Å². The molecule has 0 aliphatic carbocycles. The predicted octanol–water partition coefficient (Wildman–Crippen LogP) is 5.06. The molecule has 0 spiro atoms. The summed E-state index contributed by atoms with van der Waals surface area (Å²) >= 11 is 3.34. The molecule has 0 bridgehead atoms. The molecule has 1 aliphatic heterocycles. The van der Waals surface area contributed by atoms with Crippen molar-refractivity contribution < 1.29 is 14.6 Å². The molecular weight excluding hydrogens is 382 g/mol. The second kappa shape index (κ2) is 6.08. The van der Waals surface area contributed by atoms with E-state index in [4.69, 9.17) is 4.74 Å². The summed E-state index contributed by atoms with van der Waals surface area (Å²) in [5.74, 6) is 0.543. The van der Waals surface area contributed by atoms with Gasteiger partial charge in [-0.1, -0.05) is 30.3 Å². The number of carbonyl (C=O) groups excluding carboxylic acids is 1. The molecule has 0 saturated carbocycles. The SMILES string of the molecule is COc1cc([C@H]2CC(=O)c3c(ccc4ccccc34)N2)cc(Br)c1O. The number of benzene rings is 3. The van der Waals surface area contributed by atoms with E-state index in [1.807, 2.05) is 42.5 Å². The Balaban J connectivity index is 1.79. The zero-order valence-corrected chi connectivity index (χ0v) is 15.1. The van der Waals surface area contributed by atoms with Crippen molar-refractivity contribution in [1.29, 1.82) is 0 Å². The van der Waals surface area contributed by atoms with Gasteiger partial charge in [0.15, 0.2) is 17.3 Å². The molecule has 126 valence electrons. The van der Waals surface area contributed by atoms with Crippen LogP contribution < -0.4 is 10.1 Å². The number of methoxy groups -OCH3 is 1. The lowest BCUT2D eigenvalue weighted by molar-refractivity contribution is 0.0974. The molecule has 0 radical (unpaired) electrons. The van der Waals surface area contributed by atoms with Gasteiger partial charge in [0.1, 0.15) is 0 Å². The van der Waals surface area contributed by atoms with Gasteiger partial charge < -0.3 is 15.2 Å². The number of hydrogen-bond donors (Lipinski definition) is 2. The highest BCUT2D eigenvalue weighted by atomic mass is 79.9. The minimum absolute atomic E-state index is 0.0554. The number of fused-ring (bicyclic) bond motifs is 3. The van der Waals surface area contributed by atoms with Gasteiger partial charge in [-0.2, -0.15) is 0 Å².